The molecule has 0 saturated heterocycles. The van der Waals surface area contributed by atoms with Crippen LogP contribution in [0.2, 0.25) is 0 Å². The predicted octanol–water partition coefficient (Wildman–Crippen LogP) is 1.27. The molecule has 1 aromatic heterocycles. The van der Waals surface area contributed by atoms with Crippen LogP contribution in [-0.2, 0) is 0 Å². The normalized spacial score (nSPS) is 16.8. The molecule has 6 heteroatoms. The van der Waals surface area contributed by atoms with Crippen molar-refractivity contribution in [1.82, 2.24) is 20.3 Å². The van der Waals surface area contributed by atoms with Gasteiger partial charge in [-0.25, -0.2) is 0 Å². The highest BCUT2D eigenvalue weighted by molar-refractivity contribution is 5.92. The van der Waals surface area contributed by atoms with Crippen LogP contribution in [0.3, 0.4) is 0 Å². The molecule has 21 heavy (non-hydrogen) atoms. The summed E-state index contributed by atoms with van der Waals surface area (Å²) in [5.74, 6) is -0.204. The van der Waals surface area contributed by atoms with E-state index < -0.39 is 0 Å². The summed E-state index contributed by atoms with van der Waals surface area (Å²) in [6, 6.07) is 9.51. The Balaban J connectivity index is 1.75. The van der Waals surface area contributed by atoms with Crippen LogP contribution in [-0.4, -0.2) is 33.0 Å². The zero-order chi connectivity index (χ0) is 14.7. The van der Waals surface area contributed by atoms with Crippen molar-refractivity contribution in [2.45, 2.75) is 31.2 Å². The van der Waals surface area contributed by atoms with Crippen LogP contribution in [0, 0.1) is 0 Å². The maximum Gasteiger partial charge on any atom is 0.273 e. The summed E-state index contributed by atoms with van der Waals surface area (Å²) in [4.78, 5) is 13.8. The number of hydrogen-bond acceptors (Lipinski definition) is 4. The van der Waals surface area contributed by atoms with E-state index in [9.17, 15) is 4.79 Å². The molecule has 2 aromatic rings. The Morgan fingerprint density at radius 2 is 2.00 bits per heavy atom. The van der Waals surface area contributed by atoms with E-state index in [4.69, 9.17) is 5.73 Å². The van der Waals surface area contributed by atoms with Gasteiger partial charge in [-0.3, -0.25) is 4.79 Å². The quantitative estimate of drug-likeness (QED) is 0.885. The van der Waals surface area contributed by atoms with Crippen LogP contribution in [0.15, 0.2) is 36.5 Å². The minimum Gasteiger partial charge on any atom is -0.344 e. The van der Waals surface area contributed by atoms with Crippen molar-refractivity contribution >= 4 is 5.91 Å². The lowest BCUT2D eigenvalue weighted by Crippen LogP contribution is -2.51. The Labute approximate surface area is 123 Å². The van der Waals surface area contributed by atoms with Crippen molar-refractivity contribution in [3.63, 3.8) is 0 Å². The Bertz CT molecular complexity index is 616. The summed E-state index contributed by atoms with van der Waals surface area (Å²) in [5.41, 5.74) is 6.71. The van der Waals surface area contributed by atoms with E-state index in [-0.39, 0.29) is 11.4 Å². The van der Waals surface area contributed by atoms with Gasteiger partial charge in [0.2, 0.25) is 0 Å². The molecule has 0 unspecified atom stereocenters. The first-order valence-electron chi connectivity index (χ1n) is 7.23. The van der Waals surface area contributed by atoms with E-state index in [0.29, 0.717) is 12.2 Å². The Morgan fingerprint density at radius 1 is 1.29 bits per heavy atom. The standard InChI is InChI=1S/C15H19N5O/c16-11-15(8-4-5-9-15)18-14(21)13-10-17-20(19-13)12-6-2-1-3-7-12/h1-3,6-7,10H,4-5,8-9,11,16H2,(H,18,21). The number of para-hydroxylation sites is 1. The van der Waals surface area contributed by atoms with Gasteiger partial charge in [-0.1, -0.05) is 31.0 Å². The number of amides is 1. The summed E-state index contributed by atoms with van der Waals surface area (Å²) >= 11 is 0. The third-order valence-corrected chi connectivity index (χ3v) is 4.04. The van der Waals surface area contributed by atoms with Crippen molar-refractivity contribution in [1.29, 1.82) is 0 Å². The molecule has 3 N–H and O–H groups in total. The predicted molar refractivity (Wildman–Crippen MR) is 79.1 cm³/mol. The van der Waals surface area contributed by atoms with E-state index in [2.05, 4.69) is 15.5 Å². The summed E-state index contributed by atoms with van der Waals surface area (Å²) in [7, 11) is 0. The monoisotopic (exact) mass is 285 g/mol. The van der Waals surface area contributed by atoms with Crippen LogP contribution in [0.1, 0.15) is 36.2 Å². The second-order valence-corrected chi connectivity index (χ2v) is 5.50. The fraction of sp³-hybridized carbons (Fsp3) is 0.400. The van der Waals surface area contributed by atoms with E-state index in [1.165, 1.54) is 11.0 Å². The average Bonchev–Trinajstić information content (AvgIpc) is 3.18. The molecule has 1 amide bonds. The maximum atomic E-state index is 12.3. The van der Waals surface area contributed by atoms with E-state index in [1.807, 2.05) is 30.3 Å². The van der Waals surface area contributed by atoms with Crippen molar-refractivity contribution in [3.8, 4) is 5.69 Å². The largest absolute Gasteiger partial charge is 0.344 e. The number of aromatic nitrogens is 3. The average molecular weight is 285 g/mol. The number of carbonyl (C=O) groups excluding carboxylic acids is 1. The first kappa shape index (κ1) is 13.8. The van der Waals surface area contributed by atoms with Crippen molar-refractivity contribution in [3.05, 3.63) is 42.2 Å². The van der Waals surface area contributed by atoms with Crippen LogP contribution in [0.5, 0.6) is 0 Å². The number of nitrogens with one attached hydrogen (secondary N) is 1. The Hall–Kier alpha value is -2.21. The van der Waals surface area contributed by atoms with Crippen LogP contribution >= 0.6 is 0 Å². The summed E-state index contributed by atoms with van der Waals surface area (Å²) < 4.78 is 0. The topological polar surface area (TPSA) is 85.8 Å². The van der Waals surface area contributed by atoms with Gasteiger partial charge in [0.1, 0.15) is 0 Å². The van der Waals surface area contributed by atoms with E-state index >= 15 is 0 Å². The SMILES string of the molecule is NCC1(NC(=O)c2cnn(-c3ccccc3)n2)CCCC1. The first-order chi connectivity index (χ1) is 10.2. The van der Waals surface area contributed by atoms with Crippen LogP contribution in [0.4, 0.5) is 0 Å². The van der Waals surface area contributed by atoms with Gasteiger partial charge < -0.3 is 11.1 Å². The molecule has 6 nitrogen and oxygen atoms in total. The molecule has 110 valence electrons. The molecule has 1 aromatic carbocycles. The molecular formula is C15H19N5O. The number of rotatable bonds is 4. The van der Waals surface area contributed by atoms with Crippen LogP contribution < -0.4 is 11.1 Å². The van der Waals surface area contributed by atoms with Gasteiger partial charge >= 0.3 is 0 Å². The Kier molecular flexibility index (Phi) is 3.70. The molecule has 0 aliphatic heterocycles. The second kappa shape index (κ2) is 5.65. The molecule has 0 atom stereocenters. The molecule has 3 rings (SSSR count). The summed E-state index contributed by atoms with van der Waals surface area (Å²) in [6.07, 6.45) is 5.56. The lowest BCUT2D eigenvalue weighted by molar-refractivity contribution is 0.0897. The van der Waals surface area contributed by atoms with Crippen molar-refractivity contribution in [2.75, 3.05) is 6.54 Å². The molecule has 0 spiro atoms. The molecule has 1 heterocycles. The van der Waals surface area contributed by atoms with Gasteiger partial charge in [-0.05, 0) is 25.0 Å². The van der Waals surface area contributed by atoms with Gasteiger partial charge in [-0.2, -0.15) is 9.90 Å². The van der Waals surface area contributed by atoms with Crippen molar-refractivity contribution < 1.29 is 4.79 Å². The molecule has 1 aliphatic carbocycles. The number of benzene rings is 1. The van der Waals surface area contributed by atoms with E-state index in [1.54, 1.807) is 0 Å². The minimum absolute atomic E-state index is 0.204. The third kappa shape index (κ3) is 2.80. The van der Waals surface area contributed by atoms with Gasteiger partial charge in [0, 0.05) is 6.54 Å². The van der Waals surface area contributed by atoms with Gasteiger partial charge in [0.15, 0.2) is 5.69 Å². The molecule has 1 fully saturated rings. The number of nitrogens with two attached hydrogens (primary N) is 1. The fourth-order valence-electron chi connectivity index (χ4n) is 2.79. The number of hydrogen-bond donors (Lipinski definition) is 2. The zero-order valence-corrected chi connectivity index (χ0v) is 11.8. The molecule has 1 aliphatic rings. The molecule has 0 bridgehead atoms. The molecule has 0 radical (unpaired) electrons. The molecular weight excluding hydrogens is 266 g/mol. The number of nitrogens with zero attached hydrogens (tertiary/aromatic N) is 3. The Morgan fingerprint density at radius 3 is 2.67 bits per heavy atom. The second-order valence-electron chi connectivity index (χ2n) is 5.50. The lowest BCUT2D eigenvalue weighted by Gasteiger charge is -2.28. The lowest BCUT2D eigenvalue weighted by atomic mass is 9.98. The zero-order valence-electron chi connectivity index (χ0n) is 11.8. The highest BCUT2D eigenvalue weighted by Crippen LogP contribution is 2.28. The van der Waals surface area contributed by atoms with Gasteiger partial charge in [-0.15, -0.1) is 5.10 Å². The maximum absolute atomic E-state index is 12.3. The van der Waals surface area contributed by atoms with Crippen LogP contribution in [0.25, 0.3) is 5.69 Å². The smallest absolute Gasteiger partial charge is 0.273 e. The molecule has 1 saturated carbocycles. The van der Waals surface area contributed by atoms with E-state index in [0.717, 1.165) is 31.4 Å². The fourth-order valence-corrected chi connectivity index (χ4v) is 2.79. The number of carbonyl (C=O) groups is 1. The minimum atomic E-state index is -0.270. The van der Waals surface area contributed by atoms with Crippen molar-refractivity contribution in [2.24, 2.45) is 5.73 Å². The highest BCUT2D eigenvalue weighted by Gasteiger charge is 2.34. The van der Waals surface area contributed by atoms with Gasteiger partial charge in [0.25, 0.3) is 5.91 Å². The highest BCUT2D eigenvalue weighted by atomic mass is 16.2. The summed E-state index contributed by atoms with van der Waals surface area (Å²) in [5, 5.41) is 11.4. The summed E-state index contributed by atoms with van der Waals surface area (Å²) in [6.45, 7) is 0.464. The third-order valence-electron chi connectivity index (χ3n) is 4.04. The van der Waals surface area contributed by atoms with Gasteiger partial charge in [0.05, 0.1) is 17.4 Å². The first-order valence-corrected chi connectivity index (χ1v) is 7.23.